The fourth-order valence-electron chi connectivity index (χ4n) is 13.2. The minimum atomic E-state index is -3.84. The Morgan fingerprint density at radius 1 is 0.402 bits per heavy atom. The highest BCUT2D eigenvalue weighted by atomic mass is 32.2. The molecular formula is C88H103F2N11O26S5. The Balaban J connectivity index is 0.000000226. The van der Waals surface area contributed by atoms with Crippen molar-refractivity contribution < 1.29 is 130 Å². The summed E-state index contributed by atoms with van der Waals surface area (Å²) in [6, 6.07) is 27.4. The third-order valence-electron chi connectivity index (χ3n) is 22.2. The molecule has 6 aliphatic rings. The summed E-state index contributed by atoms with van der Waals surface area (Å²) >= 11 is 0. The van der Waals surface area contributed by atoms with Crippen LogP contribution in [0.3, 0.4) is 0 Å². The molecule has 710 valence electrons. The Kier molecular flexibility index (Phi) is 37.1. The van der Waals surface area contributed by atoms with Crippen molar-refractivity contribution in [2.45, 2.75) is 200 Å². The number of hydrogen-bond acceptors (Lipinski definition) is 32. The quantitative estimate of drug-likeness (QED) is 0.0170. The first-order chi connectivity index (χ1) is 61.9. The van der Waals surface area contributed by atoms with Crippen molar-refractivity contribution in [2.75, 3.05) is 37.9 Å². The van der Waals surface area contributed by atoms with Crippen LogP contribution in [0.4, 0.5) is 8.78 Å². The highest BCUT2D eigenvalue weighted by Crippen LogP contribution is 2.36. The molecule has 4 aromatic carbocycles. The number of nitrogens with one attached hydrogen (secondary N) is 5. The number of nitrogens with zero attached hydrogens (tertiary/aromatic N) is 6. The molecule has 1 aliphatic carbocycles. The topological polar surface area (TPSA) is 558 Å². The average molecular weight is 1930 g/mol. The Bertz CT molecular complexity index is 6260. The van der Waals surface area contributed by atoms with Gasteiger partial charge in [0, 0.05) is 148 Å². The van der Waals surface area contributed by atoms with Gasteiger partial charge in [0.1, 0.15) is 47.9 Å². The minimum Gasteiger partial charge on any atom is -0.395 e. The van der Waals surface area contributed by atoms with E-state index in [-0.39, 0.29) is 57.1 Å². The van der Waals surface area contributed by atoms with Gasteiger partial charge in [-0.3, -0.25) is 55.0 Å². The summed E-state index contributed by atoms with van der Waals surface area (Å²) in [5.74, 6) is 22.9. The number of rotatable bonds is 26. The second kappa shape index (κ2) is 45.8. The van der Waals surface area contributed by atoms with E-state index in [4.69, 9.17) is 55.3 Å². The molecule has 44 heteroatoms. The molecule has 1 fully saturated rings. The number of aromatic nitrogens is 1. The van der Waals surface area contributed by atoms with E-state index >= 15 is 0 Å². The molecule has 132 heavy (non-hydrogen) atoms. The van der Waals surface area contributed by atoms with E-state index in [9.17, 15) is 74.8 Å². The lowest BCUT2D eigenvalue weighted by atomic mass is 9.96. The molecule has 0 spiro atoms. The number of hydroxylamine groups is 5. The van der Waals surface area contributed by atoms with Crippen LogP contribution < -0.4 is 27.4 Å². The van der Waals surface area contributed by atoms with Crippen LogP contribution in [0.1, 0.15) is 201 Å². The number of hydrogen-bond donors (Lipinski definition) is 11. The van der Waals surface area contributed by atoms with Gasteiger partial charge in [0.05, 0.1) is 46.3 Å². The number of halogens is 2. The van der Waals surface area contributed by atoms with Crippen molar-refractivity contribution >= 4 is 107 Å². The molecule has 1 aromatic heterocycles. The van der Waals surface area contributed by atoms with Crippen molar-refractivity contribution in [3.05, 3.63) is 171 Å². The normalized spacial score (nSPS) is 19.2. The number of carbonyl (C=O) groups is 5. The number of aliphatic hydroxyl groups is 1. The van der Waals surface area contributed by atoms with Gasteiger partial charge < -0.3 is 29.3 Å². The summed E-state index contributed by atoms with van der Waals surface area (Å²) in [6.07, 6.45) is 6.91. The zero-order chi connectivity index (χ0) is 98.2. The second-order valence-electron chi connectivity index (χ2n) is 32.3. The molecule has 1 saturated carbocycles. The predicted octanol–water partition coefficient (Wildman–Crippen LogP) is 6.06. The second-order valence-corrected chi connectivity index (χ2v) is 44.5. The molecule has 5 amide bonds. The van der Waals surface area contributed by atoms with Crippen LogP contribution in [0.25, 0.3) is 0 Å². The maximum atomic E-state index is 14.3. The van der Waals surface area contributed by atoms with Gasteiger partial charge in [-0.15, -0.1) is 11.8 Å². The van der Waals surface area contributed by atoms with Crippen LogP contribution in [0, 0.1) is 76.8 Å². The summed E-state index contributed by atoms with van der Waals surface area (Å²) in [4.78, 5) is 90.2. The number of benzene rings is 4. The van der Waals surface area contributed by atoms with Gasteiger partial charge in [-0.05, 0) is 133 Å². The Morgan fingerprint density at radius 2 is 0.689 bits per heavy atom. The van der Waals surface area contributed by atoms with Crippen molar-refractivity contribution in [3.8, 4) is 59.2 Å². The van der Waals surface area contributed by atoms with Crippen molar-refractivity contribution in [2.24, 2.45) is 31.7 Å². The highest BCUT2D eigenvalue weighted by Gasteiger charge is 2.52. The van der Waals surface area contributed by atoms with Gasteiger partial charge in [-0.2, -0.15) is 0 Å². The lowest BCUT2D eigenvalue weighted by Crippen LogP contribution is -2.51. The molecule has 10 atom stereocenters. The first kappa shape index (κ1) is 107. The number of carbonyl (C=O) groups excluding carboxylic acids is 5. The largest absolute Gasteiger partial charge is 0.395 e. The van der Waals surface area contributed by atoms with Crippen LogP contribution in [0.2, 0.25) is 0 Å². The summed E-state index contributed by atoms with van der Waals surface area (Å²) < 4.78 is 139. The average Bonchev–Trinajstić information content (AvgIpc) is 1.21. The Labute approximate surface area is 764 Å². The smallest absolute Gasteiger partial charge is 0.264 e. The van der Waals surface area contributed by atoms with Gasteiger partial charge in [0.15, 0.2) is 72.9 Å². The number of aliphatic hydroxyl groups excluding tert-OH is 1. The molecular weight excluding hydrogens is 1830 g/mol. The van der Waals surface area contributed by atoms with Crippen LogP contribution in [-0.4, -0.2) is 228 Å². The van der Waals surface area contributed by atoms with Gasteiger partial charge in [-0.1, -0.05) is 116 Å². The maximum Gasteiger partial charge on any atom is 0.264 e. The minimum absolute atomic E-state index is 0.0152. The first-order valence-corrected chi connectivity index (χ1v) is 49.9. The van der Waals surface area contributed by atoms with E-state index in [0.717, 1.165) is 78.4 Å². The van der Waals surface area contributed by atoms with Gasteiger partial charge in [-0.25, -0.2) is 78.3 Å². The van der Waals surface area contributed by atoms with Crippen LogP contribution in [0.15, 0.2) is 129 Å². The molecule has 6 heterocycles. The SMILES string of the molecule is CC#Cc1ccc(C2=NOC(CC(C)(C(=O)NO)S(C)(=O)=O)C2)cc1F.CC#Cc1ccc(C2=NOC(CC(C)(C(=O)NO)S(C)(=O)=O)C2)nc1.CC(CC1CC(c2ccc(C#CC3CC3)c(F)c2)=NO1)(C(=O)NO)S(C)(=O)=O.CC(CC1CC(c2ccc(C#CCCO)cc2)=NO1)(C(=O)NO)S(C)(=O)=O.CCC#Cc1ccc(C2=NOC(CC(C)(C(=O)NO)S(C)(=O)=O)C2)cc1. The summed E-state index contributed by atoms with van der Waals surface area (Å²) in [6.45, 7) is 11.5. The number of sulfone groups is 5. The fraction of sp³-hybridized carbons (Fsp3) is 0.443. The predicted molar refractivity (Wildman–Crippen MR) is 479 cm³/mol. The van der Waals surface area contributed by atoms with E-state index in [0.29, 0.717) is 82.5 Å². The Hall–Kier alpha value is -12.1. The third-order valence-corrected chi connectivity index (χ3v) is 32.2. The monoisotopic (exact) mass is 1930 g/mol. The maximum absolute atomic E-state index is 14.3. The summed E-state index contributed by atoms with van der Waals surface area (Å²) in [5.41, 5.74) is 16.1. The number of pyridine rings is 1. The lowest BCUT2D eigenvalue weighted by molar-refractivity contribution is -0.133. The molecule has 0 saturated heterocycles. The van der Waals surface area contributed by atoms with Gasteiger partial charge in [0.2, 0.25) is 0 Å². The molecule has 0 bridgehead atoms. The van der Waals surface area contributed by atoms with E-state index in [1.165, 1.54) is 80.2 Å². The molecule has 11 rings (SSSR count). The fourth-order valence-corrected chi connectivity index (χ4v) is 17.5. The summed E-state index contributed by atoms with van der Waals surface area (Å²) in [5, 5.41) is 72.9. The molecule has 10 unspecified atom stereocenters. The zero-order valence-electron chi connectivity index (χ0n) is 74.2. The van der Waals surface area contributed by atoms with Crippen LogP contribution in [-0.2, 0) is 97.3 Å². The standard InChI is InChI=1S/C19H21FN2O5S.C18H22N2O6S.C18H22N2O5S.C17H19FN2O5S.C16H19N3O5S/c1-19(18(23)21-24,28(2,25)26)11-15-10-17(22-27-15)14-8-7-13(16(20)9-14)6-5-12-3-4-12;1-18(17(22)19-23,27(2,24)25)12-15-11-16(20-26-15)14-8-6-13(7-9-14)5-3-4-10-21;1-4-5-6-13-7-9-14(10-8-13)16-11-15(25-20-16)12-18(2,17(21)19-22)26(3,23)24;1-4-5-11-6-7-12(8-14(11)18)15-9-13(25-20-15)10-17(2,16(21)19-22)26(3,23)24;1-4-5-11-6-7-13(17-10-11)14-8-12(24-19-14)9-16(2,15(20)18-21)25(3,22)23/h7-9,12,15,24H,3-4,10-11H2,1-2H3,(H,21,23);6-9,15,21,23H,4,10-12H2,1-2H3,(H,19,22);7-10,15,22H,4,11-12H2,1-3H3,(H,19,21);6-8,13,22H,9-10H2,1-3H3,(H,19,21);6-7,10,12,21H,8-9H2,1-3H3,(H,18,20). The number of oxime groups is 5. The van der Waals surface area contributed by atoms with Gasteiger partial charge >= 0.3 is 0 Å². The molecule has 5 aliphatic heterocycles. The summed E-state index contributed by atoms with van der Waals surface area (Å²) in [7, 11) is -19.1. The van der Waals surface area contributed by atoms with E-state index in [1.54, 1.807) is 50.4 Å². The van der Waals surface area contributed by atoms with Crippen LogP contribution >= 0.6 is 0 Å². The van der Waals surface area contributed by atoms with Crippen molar-refractivity contribution in [1.82, 2.24) is 32.4 Å². The van der Waals surface area contributed by atoms with Crippen molar-refractivity contribution in [3.63, 3.8) is 0 Å². The zero-order valence-corrected chi connectivity index (χ0v) is 78.3. The van der Waals surface area contributed by atoms with E-state index in [1.807, 2.05) is 55.5 Å². The third kappa shape index (κ3) is 27.5. The molecule has 5 aromatic rings. The lowest BCUT2D eigenvalue weighted by Gasteiger charge is -2.26. The number of amides is 5. The van der Waals surface area contributed by atoms with E-state index in [2.05, 4.69) is 90.0 Å². The first-order valence-electron chi connectivity index (χ1n) is 40.5. The van der Waals surface area contributed by atoms with Gasteiger partial charge in [0.25, 0.3) is 29.5 Å². The Morgan fingerprint density at radius 3 is 0.962 bits per heavy atom. The molecule has 11 N–H and O–H groups in total. The highest BCUT2D eigenvalue weighted by molar-refractivity contribution is 7.94. The molecule has 37 nitrogen and oxygen atoms in total. The van der Waals surface area contributed by atoms with Crippen LogP contribution in [0.5, 0.6) is 0 Å². The molecule has 0 radical (unpaired) electrons. The van der Waals surface area contributed by atoms with Crippen molar-refractivity contribution in [1.29, 1.82) is 0 Å². The van der Waals surface area contributed by atoms with E-state index < -0.39 is 145 Å².